The second kappa shape index (κ2) is 8.08. The van der Waals surface area contributed by atoms with Gasteiger partial charge in [-0.1, -0.05) is 37.3 Å². The molecule has 1 atom stereocenters. The maximum Gasteiger partial charge on any atom is 0.123 e. The molecule has 0 aliphatic heterocycles. The smallest absolute Gasteiger partial charge is 0.123 e. The van der Waals surface area contributed by atoms with E-state index in [2.05, 4.69) is 24.4 Å². The highest BCUT2D eigenvalue weighted by Crippen LogP contribution is 2.25. The fourth-order valence-electron chi connectivity index (χ4n) is 2.01. The molecule has 0 spiro atoms. The fourth-order valence-corrected chi connectivity index (χ4v) is 3.03. The van der Waals surface area contributed by atoms with Gasteiger partial charge in [-0.05, 0) is 42.8 Å². The summed E-state index contributed by atoms with van der Waals surface area (Å²) in [5, 5.41) is 3.50. The minimum absolute atomic E-state index is 0.171. The molecule has 20 heavy (non-hydrogen) atoms. The van der Waals surface area contributed by atoms with Crippen molar-refractivity contribution in [3.8, 4) is 0 Å². The Hall–Kier alpha value is -1.32. The second-order valence-electron chi connectivity index (χ2n) is 4.69. The first-order valence-corrected chi connectivity index (χ1v) is 7.95. The van der Waals surface area contributed by atoms with E-state index in [1.165, 1.54) is 11.0 Å². The molecule has 2 rings (SSSR count). The predicted molar refractivity (Wildman–Crippen MR) is 84.6 cm³/mol. The van der Waals surface area contributed by atoms with Gasteiger partial charge in [0.1, 0.15) is 5.82 Å². The second-order valence-corrected chi connectivity index (χ2v) is 5.78. The molecule has 0 radical (unpaired) electrons. The van der Waals surface area contributed by atoms with Gasteiger partial charge in [0.2, 0.25) is 0 Å². The number of hydrogen-bond acceptors (Lipinski definition) is 2. The molecule has 0 aliphatic carbocycles. The summed E-state index contributed by atoms with van der Waals surface area (Å²) < 4.78 is 13.4. The summed E-state index contributed by atoms with van der Waals surface area (Å²) in [5.41, 5.74) is 1.02. The summed E-state index contributed by atoms with van der Waals surface area (Å²) >= 11 is 1.79. The molecular formula is C17H20FNS. The standard InChI is InChI=1S/C17H20FNS/c1-2-11-19-17(14-7-6-8-15(18)12-14)13-20-16-9-4-3-5-10-16/h3-10,12,17,19H,2,11,13H2,1H3. The van der Waals surface area contributed by atoms with Crippen molar-refractivity contribution in [3.63, 3.8) is 0 Å². The molecule has 1 unspecified atom stereocenters. The van der Waals surface area contributed by atoms with Gasteiger partial charge in [-0.2, -0.15) is 0 Å². The molecule has 1 nitrogen and oxygen atoms in total. The van der Waals surface area contributed by atoms with E-state index in [0.29, 0.717) is 0 Å². The molecule has 0 fully saturated rings. The summed E-state index contributed by atoms with van der Waals surface area (Å²) in [5.74, 6) is 0.725. The van der Waals surface area contributed by atoms with Crippen LogP contribution in [-0.4, -0.2) is 12.3 Å². The Morgan fingerprint density at radius 1 is 1.10 bits per heavy atom. The largest absolute Gasteiger partial charge is 0.309 e. The first-order valence-electron chi connectivity index (χ1n) is 6.96. The van der Waals surface area contributed by atoms with Gasteiger partial charge in [0.25, 0.3) is 0 Å². The molecule has 0 saturated carbocycles. The Morgan fingerprint density at radius 2 is 1.90 bits per heavy atom. The number of thioether (sulfide) groups is 1. The van der Waals surface area contributed by atoms with Gasteiger partial charge < -0.3 is 5.32 Å². The topological polar surface area (TPSA) is 12.0 Å². The van der Waals surface area contributed by atoms with Crippen LogP contribution in [0, 0.1) is 5.82 Å². The maximum atomic E-state index is 13.4. The van der Waals surface area contributed by atoms with Crippen LogP contribution in [0.5, 0.6) is 0 Å². The number of rotatable bonds is 7. The lowest BCUT2D eigenvalue weighted by atomic mass is 10.1. The van der Waals surface area contributed by atoms with Crippen molar-refractivity contribution in [3.05, 3.63) is 66.0 Å². The number of benzene rings is 2. The van der Waals surface area contributed by atoms with Crippen LogP contribution < -0.4 is 5.32 Å². The Labute approximate surface area is 124 Å². The lowest BCUT2D eigenvalue weighted by Gasteiger charge is -2.18. The van der Waals surface area contributed by atoms with Gasteiger partial charge >= 0.3 is 0 Å². The molecule has 0 amide bonds. The summed E-state index contributed by atoms with van der Waals surface area (Å²) in [6.07, 6.45) is 1.07. The molecule has 2 aromatic carbocycles. The van der Waals surface area contributed by atoms with Crippen LogP contribution in [-0.2, 0) is 0 Å². The molecule has 3 heteroatoms. The van der Waals surface area contributed by atoms with E-state index in [4.69, 9.17) is 0 Å². The van der Waals surface area contributed by atoms with Gasteiger partial charge in [0.15, 0.2) is 0 Å². The van der Waals surface area contributed by atoms with E-state index in [0.717, 1.165) is 24.3 Å². The lowest BCUT2D eigenvalue weighted by molar-refractivity contribution is 0.568. The quantitative estimate of drug-likeness (QED) is 0.744. The molecule has 0 bridgehead atoms. The van der Waals surface area contributed by atoms with E-state index in [1.54, 1.807) is 23.9 Å². The first-order chi connectivity index (χ1) is 9.79. The van der Waals surface area contributed by atoms with Gasteiger partial charge in [-0.15, -0.1) is 11.8 Å². The third kappa shape index (κ3) is 4.66. The van der Waals surface area contributed by atoms with E-state index >= 15 is 0 Å². The molecule has 0 heterocycles. The predicted octanol–water partition coefficient (Wildman–Crippen LogP) is 4.66. The molecule has 0 aromatic heterocycles. The average Bonchev–Trinajstić information content (AvgIpc) is 2.48. The number of hydrogen-bond donors (Lipinski definition) is 1. The summed E-state index contributed by atoms with van der Waals surface area (Å²) in [7, 11) is 0. The zero-order valence-electron chi connectivity index (χ0n) is 11.7. The van der Waals surface area contributed by atoms with Crippen LogP contribution in [0.2, 0.25) is 0 Å². The fraction of sp³-hybridized carbons (Fsp3) is 0.294. The van der Waals surface area contributed by atoms with Crippen molar-refractivity contribution >= 4 is 11.8 Å². The third-order valence-electron chi connectivity index (χ3n) is 3.05. The Morgan fingerprint density at radius 3 is 2.60 bits per heavy atom. The molecular weight excluding hydrogens is 269 g/mol. The van der Waals surface area contributed by atoms with Gasteiger partial charge in [0.05, 0.1) is 0 Å². The minimum Gasteiger partial charge on any atom is -0.309 e. The highest BCUT2D eigenvalue weighted by molar-refractivity contribution is 7.99. The van der Waals surface area contributed by atoms with Crippen molar-refractivity contribution in [2.45, 2.75) is 24.3 Å². The van der Waals surface area contributed by atoms with Gasteiger partial charge in [0, 0.05) is 16.7 Å². The van der Waals surface area contributed by atoms with Crippen LogP contribution in [0.4, 0.5) is 4.39 Å². The Balaban J connectivity index is 2.03. The minimum atomic E-state index is -0.171. The first kappa shape index (κ1) is 15.1. The number of nitrogens with one attached hydrogen (secondary N) is 1. The van der Waals surface area contributed by atoms with Crippen LogP contribution in [0.3, 0.4) is 0 Å². The summed E-state index contributed by atoms with van der Waals surface area (Å²) in [4.78, 5) is 1.24. The van der Waals surface area contributed by atoms with Crippen LogP contribution in [0.15, 0.2) is 59.5 Å². The summed E-state index contributed by atoms with van der Waals surface area (Å²) in [6, 6.07) is 17.4. The monoisotopic (exact) mass is 289 g/mol. The van der Waals surface area contributed by atoms with Crippen LogP contribution in [0.1, 0.15) is 24.9 Å². The van der Waals surface area contributed by atoms with Crippen molar-refractivity contribution in [1.29, 1.82) is 0 Å². The van der Waals surface area contributed by atoms with Gasteiger partial charge in [-0.25, -0.2) is 4.39 Å². The van der Waals surface area contributed by atoms with Crippen LogP contribution >= 0.6 is 11.8 Å². The van der Waals surface area contributed by atoms with Gasteiger partial charge in [-0.3, -0.25) is 0 Å². The van der Waals surface area contributed by atoms with Crippen molar-refractivity contribution in [1.82, 2.24) is 5.32 Å². The zero-order chi connectivity index (χ0) is 14.2. The molecule has 1 N–H and O–H groups in total. The Kier molecular flexibility index (Phi) is 6.09. The maximum absolute atomic E-state index is 13.4. The Bertz CT molecular complexity index is 515. The summed E-state index contributed by atoms with van der Waals surface area (Å²) in [6.45, 7) is 3.08. The average molecular weight is 289 g/mol. The zero-order valence-corrected chi connectivity index (χ0v) is 12.5. The van der Waals surface area contributed by atoms with Crippen LogP contribution in [0.25, 0.3) is 0 Å². The van der Waals surface area contributed by atoms with E-state index in [1.807, 2.05) is 24.3 Å². The molecule has 2 aromatic rings. The third-order valence-corrected chi connectivity index (χ3v) is 4.16. The molecule has 0 saturated heterocycles. The van der Waals surface area contributed by atoms with Crippen molar-refractivity contribution in [2.24, 2.45) is 0 Å². The highest BCUT2D eigenvalue weighted by atomic mass is 32.2. The normalized spacial score (nSPS) is 12.3. The van der Waals surface area contributed by atoms with E-state index in [-0.39, 0.29) is 11.9 Å². The highest BCUT2D eigenvalue weighted by Gasteiger charge is 2.11. The SMILES string of the molecule is CCCNC(CSc1ccccc1)c1cccc(F)c1. The lowest BCUT2D eigenvalue weighted by Crippen LogP contribution is -2.24. The van der Waals surface area contributed by atoms with E-state index in [9.17, 15) is 4.39 Å². The van der Waals surface area contributed by atoms with E-state index < -0.39 is 0 Å². The molecule has 0 aliphatic rings. The van der Waals surface area contributed by atoms with Crippen molar-refractivity contribution in [2.75, 3.05) is 12.3 Å². The van der Waals surface area contributed by atoms with Crippen molar-refractivity contribution < 1.29 is 4.39 Å². The number of halogens is 1. The molecule has 106 valence electrons.